The number of hydrogen-bond acceptors (Lipinski definition) is 5. The first-order valence-electron chi connectivity index (χ1n) is 5.24. The predicted molar refractivity (Wildman–Crippen MR) is 64.9 cm³/mol. The van der Waals surface area contributed by atoms with Gasteiger partial charge in [0.15, 0.2) is 5.78 Å². The zero-order valence-electron chi connectivity index (χ0n) is 9.44. The molecule has 6 heteroatoms. The molecule has 0 radical (unpaired) electrons. The highest BCUT2D eigenvalue weighted by Gasteiger charge is 2.45. The number of hydrogen-bond donors (Lipinski definition) is 2. The Bertz CT molecular complexity index is 466. The summed E-state index contributed by atoms with van der Waals surface area (Å²) in [5.41, 5.74) is 11.1. The fourth-order valence-corrected chi connectivity index (χ4v) is 2.02. The van der Waals surface area contributed by atoms with Crippen molar-refractivity contribution < 1.29 is 9.53 Å². The predicted octanol–water partition coefficient (Wildman–Crippen LogP) is 0.864. The Morgan fingerprint density at radius 3 is 3.00 bits per heavy atom. The molecule has 0 bridgehead atoms. The molecule has 4 N–H and O–H groups in total. The molecule has 2 unspecified atom stereocenters. The highest BCUT2D eigenvalue weighted by Crippen LogP contribution is 2.33. The van der Waals surface area contributed by atoms with E-state index < -0.39 is 5.41 Å². The van der Waals surface area contributed by atoms with Gasteiger partial charge >= 0.3 is 0 Å². The van der Waals surface area contributed by atoms with Crippen molar-refractivity contribution in [2.24, 2.45) is 11.1 Å². The molecule has 0 aromatic carbocycles. The van der Waals surface area contributed by atoms with Crippen molar-refractivity contribution in [3.05, 3.63) is 22.8 Å². The van der Waals surface area contributed by atoms with Gasteiger partial charge in [-0.05, 0) is 13.0 Å². The first kappa shape index (κ1) is 12.3. The highest BCUT2D eigenvalue weighted by molar-refractivity contribution is 6.31. The minimum atomic E-state index is -0.763. The lowest BCUT2D eigenvalue weighted by atomic mass is 9.78. The van der Waals surface area contributed by atoms with Gasteiger partial charge in [-0.2, -0.15) is 0 Å². The van der Waals surface area contributed by atoms with Crippen LogP contribution in [-0.2, 0) is 4.74 Å². The highest BCUT2D eigenvalue weighted by atomic mass is 35.5. The van der Waals surface area contributed by atoms with Crippen molar-refractivity contribution >= 4 is 23.2 Å². The molecule has 1 aromatic heterocycles. The third-order valence-electron chi connectivity index (χ3n) is 3.17. The number of rotatable bonds is 2. The lowest BCUT2D eigenvalue weighted by Crippen LogP contribution is -2.44. The van der Waals surface area contributed by atoms with E-state index in [0.29, 0.717) is 23.8 Å². The van der Waals surface area contributed by atoms with Crippen molar-refractivity contribution in [1.29, 1.82) is 0 Å². The Morgan fingerprint density at radius 2 is 2.41 bits per heavy atom. The normalized spacial score (nSPS) is 28.3. The molecule has 1 aromatic rings. The third-order valence-corrected chi connectivity index (χ3v) is 3.37. The van der Waals surface area contributed by atoms with Crippen molar-refractivity contribution in [2.45, 2.75) is 13.0 Å². The van der Waals surface area contributed by atoms with Crippen molar-refractivity contribution in [2.75, 3.05) is 18.9 Å². The van der Waals surface area contributed by atoms with E-state index in [4.69, 9.17) is 27.8 Å². The maximum atomic E-state index is 12.4. The van der Waals surface area contributed by atoms with Crippen molar-refractivity contribution in [1.82, 2.24) is 4.98 Å². The zero-order chi connectivity index (χ0) is 12.6. The lowest BCUT2D eigenvalue weighted by molar-refractivity contribution is 0.0768. The van der Waals surface area contributed by atoms with Gasteiger partial charge in [0.05, 0.1) is 29.2 Å². The van der Waals surface area contributed by atoms with Crippen LogP contribution in [0.15, 0.2) is 12.3 Å². The molecule has 1 fully saturated rings. The van der Waals surface area contributed by atoms with Gasteiger partial charge in [-0.25, -0.2) is 4.98 Å². The van der Waals surface area contributed by atoms with Gasteiger partial charge in [0.2, 0.25) is 0 Å². The van der Waals surface area contributed by atoms with Crippen LogP contribution < -0.4 is 11.5 Å². The summed E-state index contributed by atoms with van der Waals surface area (Å²) in [7, 11) is 0. The molecule has 1 aliphatic heterocycles. The summed E-state index contributed by atoms with van der Waals surface area (Å²) in [5.74, 6) is -0.00488. The molecule has 17 heavy (non-hydrogen) atoms. The second-order valence-electron chi connectivity index (χ2n) is 4.45. The number of Topliss-reactive ketones (excluding diaryl/α,β-unsaturated/α-hetero) is 1. The number of pyridine rings is 1. The fraction of sp³-hybridized carbons (Fsp3) is 0.455. The summed E-state index contributed by atoms with van der Waals surface area (Å²) < 4.78 is 5.25. The molecule has 1 saturated heterocycles. The summed E-state index contributed by atoms with van der Waals surface area (Å²) in [6, 6.07) is 1.18. The summed E-state index contributed by atoms with van der Waals surface area (Å²) in [6.45, 7) is 2.43. The summed E-state index contributed by atoms with van der Waals surface area (Å²) in [4.78, 5) is 16.3. The van der Waals surface area contributed by atoms with Crippen LogP contribution in [0.5, 0.6) is 0 Å². The zero-order valence-corrected chi connectivity index (χ0v) is 10.2. The Morgan fingerprint density at radius 1 is 1.71 bits per heavy atom. The number of anilines is 1. The monoisotopic (exact) mass is 255 g/mol. The van der Waals surface area contributed by atoms with E-state index in [1.54, 1.807) is 6.92 Å². The van der Waals surface area contributed by atoms with Crippen LogP contribution >= 0.6 is 11.6 Å². The number of nitrogens with two attached hydrogens (primary N) is 2. The molecule has 0 amide bonds. The maximum absolute atomic E-state index is 12.4. The molecule has 1 aliphatic rings. The smallest absolute Gasteiger partial charge is 0.176 e. The number of nitrogens with zero attached hydrogens (tertiary/aromatic N) is 1. The molecule has 2 heterocycles. The maximum Gasteiger partial charge on any atom is 0.176 e. The Balaban J connectivity index is 2.40. The van der Waals surface area contributed by atoms with E-state index in [9.17, 15) is 4.79 Å². The minimum absolute atomic E-state index is 0.166. The number of ether oxygens (including phenoxy) is 1. The number of aromatic nitrogens is 1. The van der Waals surface area contributed by atoms with Crippen LogP contribution in [0, 0.1) is 5.41 Å². The quantitative estimate of drug-likeness (QED) is 0.765. The second kappa shape index (κ2) is 4.25. The molecular formula is C11H14ClN3O2. The van der Waals surface area contributed by atoms with Gasteiger partial charge in [-0.1, -0.05) is 11.6 Å². The van der Waals surface area contributed by atoms with Crippen molar-refractivity contribution in [3.8, 4) is 0 Å². The third kappa shape index (κ3) is 2.01. The lowest BCUT2D eigenvalue weighted by Gasteiger charge is -2.25. The van der Waals surface area contributed by atoms with Crippen LogP contribution in [0.25, 0.3) is 0 Å². The van der Waals surface area contributed by atoms with E-state index in [2.05, 4.69) is 4.98 Å². The first-order chi connectivity index (χ1) is 7.95. The average Bonchev–Trinajstić information content (AvgIpc) is 2.63. The van der Waals surface area contributed by atoms with Crippen LogP contribution in [0.2, 0.25) is 5.02 Å². The van der Waals surface area contributed by atoms with Crippen LogP contribution in [0.1, 0.15) is 17.3 Å². The van der Waals surface area contributed by atoms with Crippen LogP contribution in [0.3, 0.4) is 0 Å². The van der Waals surface area contributed by atoms with Crippen LogP contribution in [-0.4, -0.2) is 30.0 Å². The largest absolute Gasteiger partial charge is 0.383 e. The number of ketones is 1. The molecular weight excluding hydrogens is 242 g/mol. The van der Waals surface area contributed by atoms with Gasteiger partial charge in [0, 0.05) is 12.2 Å². The Kier molecular flexibility index (Phi) is 3.07. The van der Waals surface area contributed by atoms with Gasteiger partial charge < -0.3 is 16.2 Å². The van der Waals surface area contributed by atoms with Crippen molar-refractivity contribution in [3.63, 3.8) is 0 Å². The molecule has 5 nitrogen and oxygen atoms in total. The number of nitrogen functional groups attached to an aromatic ring is 1. The number of halogens is 1. The van der Waals surface area contributed by atoms with E-state index in [1.807, 2.05) is 0 Å². The van der Waals surface area contributed by atoms with Gasteiger partial charge in [-0.3, -0.25) is 4.79 Å². The summed E-state index contributed by atoms with van der Waals surface area (Å²) in [6.07, 6.45) is 1.40. The molecule has 2 atom stereocenters. The van der Waals surface area contributed by atoms with Gasteiger partial charge in [-0.15, -0.1) is 0 Å². The number of carbonyl (C=O) groups excluding carboxylic acids is 1. The number of carbonyl (C=O) groups is 1. The molecule has 2 rings (SSSR count). The van der Waals surface area contributed by atoms with E-state index in [1.165, 1.54) is 12.3 Å². The Hall–Kier alpha value is -1.17. The van der Waals surface area contributed by atoms with E-state index in [-0.39, 0.29) is 17.6 Å². The van der Waals surface area contributed by atoms with Gasteiger partial charge in [0.25, 0.3) is 0 Å². The molecule has 0 spiro atoms. The van der Waals surface area contributed by atoms with Crippen LogP contribution in [0.4, 0.5) is 5.82 Å². The molecule has 0 saturated carbocycles. The second-order valence-corrected chi connectivity index (χ2v) is 4.89. The standard InChI is InChI=1S/C11H14ClN3O2/c1-11(5-17-4-8(11)13)9(16)7-2-6(12)3-15-10(7)14/h2-3,8H,4-5,13H2,1H3,(H2,14,15). The van der Waals surface area contributed by atoms with E-state index >= 15 is 0 Å². The summed E-state index contributed by atoms with van der Waals surface area (Å²) >= 11 is 5.82. The fourth-order valence-electron chi connectivity index (χ4n) is 1.86. The van der Waals surface area contributed by atoms with Gasteiger partial charge in [0.1, 0.15) is 5.82 Å². The minimum Gasteiger partial charge on any atom is -0.383 e. The SMILES string of the molecule is CC1(C(=O)c2cc(Cl)cnc2N)COCC1N. The Labute approximate surface area is 104 Å². The van der Waals surface area contributed by atoms with E-state index in [0.717, 1.165) is 0 Å². The summed E-state index contributed by atoms with van der Waals surface area (Å²) in [5, 5.41) is 0.374. The molecule has 92 valence electrons. The topological polar surface area (TPSA) is 91.2 Å². The molecule has 0 aliphatic carbocycles. The first-order valence-corrected chi connectivity index (χ1v) is 5.62. The average molecular weight is 256 g/mol.